The predicted octanol–water partition coefficient (Wildman–Crippen LogP) is 2.59. The number of benzene rings is 1. The first kappa shape index (κ1) is 19.2. The van der Waals surface area contributed by atoms with Crippen molar-refractivity contribution in [1.82, 2.24) is 9.62 Å². The molecule has 0 aromatic heterocycles. The van der Waals surface area contributed by atoms with E-state index in [-0.39, 0.29) is 18.5 Å². The van der Waals surface area contributed by atoms with Crippen molar-refractivity contribution in [1.29, 1.82) is 0 Å². The summed E-state index contributed by atoms with van der Waals surface area (Å²) in [5.74, 6) is -0.250. The number of hydrogen-bond acceptors (Lipinski definition) is 3. The van der Waals surface area contributed by atoms with Crippen LogP contribution in [-0.2, 0) is 21.2 Å². The normalized spacial score (nSPS) is 16.3. The molecular weight excluding hydrogens is 348 g/mol. The molecule has 1 aromatic carbocycles. The van der Waals surface area contributed by atoms with E-state index in [1.54, 1.807) is 0 Å². The summed E-state index contributed by atoms with van der Waals surface area (Å²) in [6, 6.07) is 7.41. The van der Waals surface area contributed by atoms with Crippen LogP contribution in [-0.4, -0.2) is 44.0 Å². The SMILES string of the molecule is CS(=O)(=O)N(CC(=O)NCCc1ccc(Cl)cc1)C1CCCCC1. The van der Waals surface area contributed by atoms with Crippen LogP contribution < -0.4 is 5.32 Å². The Hall–Kier alpha value is -1.11. The smallest absolute Gasteiger partial charge is 0.235 e. The molecule has 1 fully saturated rings. The lowest BCUT2D eigenvalue weighted by Crippen LogP contribution is -2.46. The largest absolute Gasteiger partial charge is 0.355 e. The lowest BCUT2D eigenvalue weighted by Gasteiger charge is -2.31. The molecule has 134 valence electrons. The number of carbonyl (C=O) groups is 1. The van der Waals surface area contributed by atoms with E-state index < -0.39 is 10.0 Å². The average molecular weight is 373 g/mol. The molecule has 1 N–H and O–H groups in total. The van der Waals surface area contributed by atoms with Crippen molar-refractivity contribution in [3.05, 3.63) is 34.9 Å². The molecule has 0 saturated heterocycles. The van der Waals surface area contributed by atoms with Crippen LogP contribution in [0.2, 0.25) is 5.02 Å². The van der Waals surface area contributed by atoms with Gasteiger partial charge in [-0.25, -0.2) is 8.42 Å². The van der Waals surface area contributed by atoms with Crippen molar-refractivity contribution < 1.29 is 13.2 Å². The number of rotatable bonds is 7. The van der Waals surface area contributed by atoms with Crippen LogP contribution in [0.5, 0.6) is 0 Å². The Morgan fingerprint density at radius 3 is 2.42 bits per heavy atom. The Morgan fingerprint density at radius 2 is 1.83 bits per heavy atom. The summed E-state index contributed by atoms with van der Waals surface area (Å²) >= 11 is 5.84. The van der Waals surface area contributed by atoms with Crippen molar-refractivity contribution in [2.75, 3.05) is 19.3 Å². The zero-order chi connectivity index (χ0) is 17.6. The second kappa shape index (κ2) is 8.83. The van der Waals surface area contributed by atoms with Gasteiger partial charge in [0.15, 0.2) is 0 Å². The molecule has 24 heavy (non-hydrogen) atoms. The molecule has 0 radical (unpaired) electrons. The Bertz CT molecular complexity index is 640. The van der Waals surface area contributed by atoms with Gasteiger partial charge in [-0.2, -0.15) is 4.31 Å². The second-order valence-corrected chi connectivity index (χ2v) is 8.70. The summed E-state index contributed by atoms with van der Waals surface area (Å²) in [4.78, 5) is 12.1. The summed E-state index contributed by atoms with van der Waals surface area (Å²) in [7, 11) is -3.38. The highest BCUT2D eigenvalue weighted by Gasteiger charge is 2.29. The van der Waals surface area contributed by atoms with E-state index in [1.807, 2.05) is 24.3 Å². The summed E-state index contributed by atoms with van der Waals surface area (Å²) in [6.45, 7) is 0.382. The maximum Gasteiger partial charge on any atom is 0.235 e. The first-order valence-corrected chi connectivity index (χ1v) is 10.6. The number of nitrogens with zero attached hydrogens (tertiary/aromatic N) is 1. The zero-order valence-corrected chi connectivity index (χ0v) is 15.6. The predicted molar refractivity (Wildman–Crippen MR) is 96.6 cm³/mol. The van der Waals surface area contributed by atoms with Crippen LogP contribution >= 0.6 is 11.6 Å². The van der Waals surface area contributed by atoms with E-state index in [0.29, 0.717) is 18.0 Å². The summed E-state index contributed by atoms with van der Waals surface area (Å²) in [5.41, 5.74) is 1.08. The summed E-state index contributed by atoms with van der Waals surface area (Å²) in [5, 5.41) is 3.49. The molecule has 0 bridgehead atoms. The molecule has 2 rings (SSSR count). The molecule has 0 unspecified atom stereocenters. The van der Waals surface area contributed by atoms with Gasteiger partial charge in [-0.3, -0.25) is 4.79 Å². The van der Waals surface area contributed by atoms with Crippen molar-refractivity contribution in [2.45, 2.75) is 44.6 Å². The molecule has 1 amide bonds. The first-order chi connectivity index (χ1) is 11.4. The topological polar surface area (TPSA) is 66.5 Å². The van der Waals surface area contributed by atoms with Crippen molar-refractivity contribution >= 4 is 27.5 Å². The van der Waals surface area contributed by atoms with Gasteiger partial charge < -0.3 is 5.32 Å². The van der Waals surface area contributed by atoms with Crippen LogP contribution in [0, 0.1) is 0 Å². The van der Waals surface area contributed by atoms with Gasteiger partial charge in [0.1, 0.15) is 0 Å². The van der Waals surface area contributed by atoms with Crippen LogP contribution in [0.1, 0.15) is 37.7 Å². The molecule has 1 aliphatic rings. The third-order valence-electron chi connectivity index (χ3n) is 4.36. The number of hydrogen-bond donors (Lipinski definition) is 1. The van der Waals surface area contributed by atoms with Crippen molar-refractivity contribution in [3.63, 3.8) is 0 Å². The van der Waals surface area contributed by atoms with Gasteiger partial charge in [-0.1, -0.05) is 43.0 Å². The molecule has 1 aliphatic carbocycles. The minimum Gasteiger partial charge on any atom is -0.355 e. The van der Waals surface area contributed by atoms with E-state index in [1.165, 1.54) is 10.6 Å². The Morgan fingerprint density at radius 1 is 1.21 bits per heavy atom. The fourth-order valence-corrected chi connectivity index (χ4v) is 4.31. The molecule has 1 aromatic rings. The number of carbonyl (C=O) groups excluding carboxylic acids is 1. The third-order valence-corrected chi connectivity index (χ3v) is 5.89. The minimum atomic E-state index is -3.38. The molecule has 0 aliphatic heterocycles. The van der Waals surface area contributed by atoms with E-state index in [4.69, 9.17) is 11.6 Å². The summed E-state index contributed by atoms with van der Waals surface area (Å²) < 4.78 is 25.4. The fraction of sp³-hybridized carbons (Fsp3) is 0.588. The Balaban J connectivity index is 1.84. The van der Waals surface area contributed by atoms with Gasteiger partial charge in [0, 0.05) is 17.6 Å². The molecule has 0 heterocycles. The standard InChI is InChI=1S/C17H25ClN2O3S/c1-24(22,23)20(16-5-3-2-4-6-16)13-17(21)19-12-11-14-7-9-15(18)10-8-14/h7-10,16H,2-6,11-13H2,1H3,(H,19,21). The lowest BCUT2D eigenvalue weighted by atomic mass is 9.95. The Labute approximate surface area is 149 Å². The molecule has 0 atom stereocenters. The average Bonchev–Trinajstić information content (AvgIpc) is 2.54. The molecule has 5 nitrogen and oxygen atoms in total. The highest BCUT2D eigenvalue weighted by atomic mass is 35.5. The maximum absolute atomic E-state index is 12.1. The van der Waals surface area contributed by atoms with Gasteiger partial charge in [-0.15, -0.1) is 0 Å². The second-order valence-electron chi connectivity index (χ2n) is 6.33. The van der Waals surface area contributed by atoms with Crippen LogP contribution in [0.25, 0.3) is 0 Å². The number of sulfonamides is 1. The van der Waals surface area contributed by atoms with Crippen molar-refractivity contribution in [2.24, 2.45) is 0 Å². The highest BCUT2D eigenvalue weighted by molar-refractivity contribution is 7.88. The van der Waals surface area contributed by atoms with E-state index in [2.05, 4.69) is 5.32 Å². The van der Waals surface area contributed by atoms with Gasteiger partial charge in [-0.05, 0) is 37.0 Å². The molecule has 0 spiro atoms. The van der Waals surface area contributed by atoms with Crippen LogP contribution in [0.15, 0.2) is 24.3 Å². The van der Waals surface area contributed by atoms with E-state index >= 15 is 0 Å². The Kier molecular flexibility index (Phi) is 7.07. The monoisotopic (exact) mass is 372 g/mol. The maximum atomic E-state index is 12.1. The number of amides is 1. The quantitative estimate of drug-likeness (QED) is 0.800. The van der Waals surface area contributed by atoms with Crippen molar-refractivity contribution in [3.8, 4) is 0 Å². The molecule has 1 saturated carbocycles. The van der Waals surface area contributed by atoms with Gasteiger partial charge in [0.2, 0.25) is 15.9 Å². The fourth-order valence-electron chi connectivity index (χ4n) is 3.08. The summed E-state index contributed by atoms with van der Waals surface area (Å²) in [6.07, 6.45) is 6.73. The minimum absolute atomic E-state index is 0.0456. The third kappa shape index (κ3) is 6.07. The zero-order valence-electron chi connectivity index (χ0n) is 14.0. The van der Waals surface area contributed by atoms with Gasteiger partial charge in [0.25, 0.3) is 0 Å². The van der Waals surface area contributed by atoms with Crippen LogP contribution in [0.4, 0.5) is 0 Å². The highest BCUT2D eigenvalue weighted by Crippen LogP contribution is 2.24. The van der Waals surface area contributed by atoms with E-state index in [9.17, 15) is 13.2 Å². The van der Waals surface area contributed by atoms with E-state index in [0.717, 1.165) is 37.7 Å². The molecular formula is C17H25ClN2O3S. The number of nitrogens with one attached hydrogen (secondary N) is 1. The lowest BCUT2D eigenvalue weighted by molar-refractivity contribution is -0.121. The first-order valence-electron chi connectivity index (χ1n) is 8.34. The number of halogens is 1. The van der Waals surface area contributed by atoms with Crippen LogP contribution in [0.3, 0.4) is 0 Å². The molecule has 7 heteroatoms. The van der Waals surface area contributed by atoms with Gasteiger partial charge in [0.05, 0.1) is 12.8 Å². The van der Waals surface area contributed by atoms with Gasteiger partial charge >= 0.3 is 0 Å².